The van der Waals surface area contributed by atoms with Gasteiger partial charge in [0.15, 0.2) is 9.84 Å². The van der Waals surface area contributed by atoms with Gasteiger partial charge in [-0.25, -0.2) is 8.42 Å². The minimum absolute atomic E-state index is 0.0429. The molecule has 4 rings (SSSR count). The minimum Gasteiger partial charge on any atom is -0.332 e. The van der Waals surface area contributed by atoms with Crippen LogP contribution in [0.4, 0.5) is 0 Å². The summed E-state index contributed by atoms with van der Waals surface area (Å²) >= 11 is 0. The maximum Gasteiger partial charge on any atom is 0.254 e. The van der Waals surface area contributed by atoms with Crippen molar-refractivity contribution < 1.29 is 13.2 Å². The van der Waals surface area contributed by atoms with Gasteiger partial charge in [-0.3, -0.25) is 4.79 Å². The van der Waals surface area contributed by atoms with E-state index in [9.17, 15) is 13.2 Å². The first-order valence-corrected chi connectivity index (χ1v) is 10.1. The van der Waals surface area contributed by atoms with E-state index in [0.717, 1.165) is 18.5 Å². The van der Waals surface area contributed by atoms with Gasteiger partial charge in [0.25, 0.3) is 5.91 Å². The smallest absolute Gasteiger partial charge is 0.254 e. The summed E-state index contributed by atoms with van der Waals surface area (Å²) in [5.74, 6) is 0.260. The van der Waals surface area contributed by atoms with Crippen LogP contribution in [0.3, 0.4) is 0 Å². The lowest BCUT2D eigenvalue weighted by molar-refractivity contribution is 0.0681. The Morgan fingerprint density at radius 2 is 1.67 bits per heavy atom. The van der Waals surface area contributed by atoms with Crippen molar-refractivity contribution in [2.75, 3.05) is 11.5 Å². The number of benzene rings is 1. The summed E-state index contributed by atoms with van der Waals surface area (Å²) in [5, 5.41) is 0. The fourth-order valence-corrected chi connectivity index (χ4v) is 5.12. The molecule has 6 heteroatoms. The van der Waals surface area contributed by atoms with Gasteiger partial charge in [0.1, 0.15) is 0 Å². The normalized spacial score (nSPS) is 22.4. The summed E-state index contributed by atoms with van der Waals surface area (Å²) in [4.78, 5) is 14.8. The van der Waals surface area contributed by atoms with Crippen molar-refractivity contribution in [3.63, 3.8) is 0 Å². The molecule has 1 aliphatic heterocycles. The van der Waals surface area contributed by atoms with Crippen molar-refractivity contribution in [3.05, 3.63) is 54.4 Å². The van der Waals surface area contributed by atoms with E-state index in [4.69, 9.17) is 0 Å². The van der Waals surface area contributed by atoms with Gasteiger partial charge in [-0.15, -0.1) is 0 Å². The Labute approximate surface area is 141 Å². The predicted molar refractivity (Wildman–Crippen MR) is 92.0 cm³/mol. The molecule has 2 heterocycles. The lowest BCUT2D eigenvalue weighted by Crippen LogP contribution is -2.42. The summed E-state index contributed by atoms with van der Waals surface area (Å²) in [5.41, 5.74) is 1.63. The first kappa shape index (κ1) is 15.4. The molecule has 1 saturated carbocycles. The molecule has 2 aromatic rings. The van der Waals surface area contributed by atoms with Gasteiger partial charge in [-0.2, -0.15) is 0 Å². The molecular weight excluding hydrogens is 324 g/mol. The van der Waals surface area contributed by atoms with E-state index in [0.29, 0.717) is 12.0 Å². The van der Waals surface area contributed by atoms with Crippen LogP contribution in [0, 0.1) is 0 Å². The Morgan fingerprint density at radius 3 is 2.21 bits per heavy atom. The van der Waals surface area contributed by atoms with Crippen molar-refractivity contribution >= 4 is 15.7 Å². The third kappa shape index (κ3) is 2.98. The van der Waals surface area contributed by atoms with Crippen LogP contribution < -0.4 is 0 Å². The molecule has 1 amide bonds. The molecule has 1 unspecified atom stereocenters. The van der Waals surface area contributed by atoms with Crippen molar-refractivity contribution in [1.29, 1.82) is 0 Å². The fraction of sp³-hybridized carbons (Fsp3) is 0.389. The topological polar surface area (TPSA) is 59.4 Å². The van der Waals surface area contributed by atoms with Crippen molar-refractivity contribution in [3.8, 4) is 5.69 Å². The van der Waals surface area contributed by atoms with Gasteiger partial charge in [0.2, 0.25) is 0 Å². The zero-order valence-corrected chi connectivity index (χ0v) is 14.2. The number of aromatic nitrogens is 1. The van der Waals surface area contributed by atoms with E-state index in [1.807, 2.05) is 58.3 Å². The Bertz CT molecular complexity index is 837. The van der Waals surface area contributed by atoms with Crippen LogP contribution in [0.1, 0.15) is 29.6 Å². The monoisotopic (exact) mass is 344 g/mol. The fourth-order valence-electron chi connectivity index (χ4n) is 3.41. The molecule has 0 spiro atoms. The van der Waals surface area contributed by atoms with Crippen molar-refractivity contribution in [1.82, 2.24) is 9.47 Å². The minimum atomic E-state index is -3.00. The third-order valence-corrected chi connectivity index (χ3v) is 6.54. The highest BCUT2D eigenvalue weighted by Gasteiger charge is 2.42. The van der Waals surface area contributed by atoms with E-state index in [-0.39, 0.29) is 29.5 Å². The molecule has 5 nitrogen and oxygen atoms in total. The zero-order chi connectivity index (χ0) is 16.7. The number of nitrogens with zero attached hydrogens (tertiary/aromatic N) is 2. The van der Waals surface area contributed by atoms with Crippen LogP contribution >= 0.6 is 0 Å². The predicted octanol–water partition coefficient (Wildman–Crippen LogP) is 2.27. The third-order valence-electron chi connectivity index (χ3n) is 4.79. The van der Waals surface area contributed by atoms with E-state index in [1.54, 1.807) is 0 Å². The molecule has 2 aliphatic rings. The molecule has 0 bridgehead atoms. The summed E-state index contributed by atoms with van der Waals surface area (Å²) in [6.07, 6.45) is 6.42. The number of hydrogen-bond acceptors (Lipinski definition) is 3. The largest absolute Gasteiger partial charge is 0.332 e. The first-order valence-electron chi connectivity index (χ1n) is 8.30. The Kier molecular flexibility index (Phi) is 3.72. The quantitative estimate of drug-likeness (QED) is 0.855. The summed E-state index contributed by atoms with van der Waals surface area (Å²) in [6.45, 7) is 0. The molecular formula is C18H20N2O3S. The highest BCUT2D eigenvalue weighted by molar-refractivity contribution is 7.91. The Hall–Kier alpha value is -2.08. The summed E-state index contributed by atoms with van der Waals surface area (Å²) in [6, 6.07) is 11.4. The molecule has 1 aromatic heterocycles. The van der Waals surface area contributed by atoms with Crippen LogP contribution in [0.2, 0.25) is 0 Å². The van der Waals surface area contributed by atoms with Crippen LogP contribution in [-0.2, 0) is 9.84 Å². The lowest BCUT2D eigenvalue weighted by atomic mass is 10.1. The second-order valence-electron chi connectivity index (χ2n) is 6.64. The number of rotatable bonds is 4. The molecule has 1 saturated heterocycles. The number of sulfone groups is 1. The average molecular weight is 344 g/mol. The first-order chi connectivity index (χ1) is 11.5. The number of carbonyl (C=O) groups is 1. The highest BCUT2D eigenvalue weighted by atomic mass is 32.2. The molecule has 1 aromatic carbocycles. The van der Waals surface area contributed by atoms with Gasteiger partial charge in [-0.05, 0) is 55.7 Å². The number of amides is 1. The second-order valence-corrected chi connectivity index (χ2v) is 8.87. The standard InChI is InChI=1S/C18H20N2O3S/c21-18(14-3-5-15(6-4-14)19-10-1-2-11-19)20(16-7-8-16)17-9-12-24(22,23)13-17/h1-6,10-11,16-17H,7-9,12-13H2. The van der Waals surface area contributed by atoms with Gasteiger partial charge >= 0.3 is 0 Å². The Balaban J connectivity index is 1.57. The SMILES string of the molecule is O=C(c1ccc(-n2cccc2)cc1)N(C1CC1)C1CCS(=O)(=O)C1. The van der Waals surface area contributed by atoms with Crippen molar-refractivity contribution in [2.45, 2.75) is 31.3 Å². The van der Waals surface area contributed by atoms with E-state index >= 15 is 0 Å². The maximum absolute atomic E-state index is 12.9. The van der Waals surface area contributed by atoms with Crippen LogP contribution in [0.25, 0.3) is 5.69 Å². The van der Waals surface area contributed by atoms with E-state index < -0.39 is 9.84 Å². The molecule has 1 atom stereocenters. The molecule has 126 valence electrons. The summed E-state index contributed by atoms with van der Waals surface area (Å²) in [7, 11) is -3.00. The van der Waals surface area contributed by atoms with Gasteiger partial charge in [0, 0.05) is 35.7 Å². The van der Waals surface area contributed by atoms with Gasteiger partial charge in [-0.1, -0.05) is 0 Å². The van der Waals surface area contributed by atoms with Crippen LogP contribution in [0.5, 0.6) is 0 Å². The number of hydrogen-bond donors (Lipinski definition) is 0. The Morgan fingerprint density at radius 1 is 1.00 bits per heavy atom. The maximum atomic E-state index is 12.9. The van der Waals surface area contributed by atoms with Gasteiger partial charge in [0.05, 0.1) is 11.5 Å². The molecule has 2 fully saturated rings. The molecule has 0 radical (unpaired) electrons. The summed E-state index contributed by atoms with van der Waals surface area (Å²) < 4.78 is 25.5. The second kappa shape index (κ2) is 5.77. The zero-order valence-electron chi connectivity index (χ0n) is 13.3. The van der Waals surface area contributed by atoms with Gasteiger partial charge < -0.3 is 9.47 Å². The van der Waals surface area contributed by atoms with E-state index in [1.165, 1.54) is 0 Å². The van der Waals surface area contributed by atoms with E-state index in [2.05, 4.69) is 0 Å². The lowest BCUT2D eigenvalue weighted by Gasteiger charge is -2.28. The highest BCUT2D eigenvalue weighted by Crippen LogP contribution is 2.33. The van der Waals surface area contributed by atoms with Crippen LogP contribution in [0.15, 0.2) is 48.8 Å². The number of carbonyl (C=O) groups excluding carboxylic acids is 1. The average Bonchev–Trinajstić information content (AvgIpc) is 3.10. The van der Waals surface area contributed by atoms with Crippen LogP contribution in [-0.4, -0.2) is 47.4 Å². The molecule has 24 heavy (non-hydrogen) atoms. The van der Waals surface area contributed by atoms with Crippen molar-refractivity contribution in [2.24, 2.45) is 0 Å². The molecule has 0 N–H and O–H groups in total. The molecule has 1 aliphatic carbocycles.